The zero-order valence-corrected chi connectivity index (χ0v) is 19.9. The van der Waals surface area contributed by atoms with E-state index in [4.69, 9.17) is 0 Å². The van der Waals surface area contributed by atoms with Crippen molar-refractivity contribution in [2.45, 2.75) is 12.6 Å². The van der Waals surface area contributed by atoms with Gasteiger partial charge in [-0.1, -0.05) is 36.4 Å². The Bertz CT molecular complexity index is 1130. The van der Waals surface area contributed by atoms with Gasteiger partial charge in [-0.3, -0.25) is 4.90 Å². The van der Waals surface area contributed by atoms with Crippen LogP contribution in [0.15, 0.2) is 72.1 Å². The number of rotatable bonds is 7. The molecule has 0 unspecified atom stereocenters. The molecule has 8 heteroatoms. The number of anilines is 2. The Balaban J connectivity index is 1.43. The number of tetrazole rings is 1. The van der Waals surface area contributed by atoms with Crippen LogP contribution in [0.4, 0.5) is 11.4 Å². The molecule has 7 nitrogen and oxygen atoms in total. The fraction of sp³-hybridized carbons (Fsp3) is 0.320. The van der Waals surface area contributed by atoms with Crippen LogP contribution in [-0.4, -0.2) is 65.4 Å². The van der Waals surface area contributed by atoms with E-state index in [1.165, 1.54) is 21.8 Å². The normalized spacial score (nSPS) is 15.5. The fourth-order valence-electron chi connectivity index (χ4n) is 4.43. The van der Waals surface area contributed by atoms with Crippen molar-refractivity contribution in [3.63, 3.8) is 0 Å². The highest BCUT2D eigenvalue weighted by Crippen LogP contribution is 2.30. The molecule has 2 aromatic heterocycles. The predicted octanol–water partition coefficient (Wildman–Crippen LogP) is 3.76. The van der Waals surface area contributed by atoms with Crippen LogP contribution in [0.5, 0.6) is 0 Å². The van der Waals surface area contributed by atoms with Gasteiger partial charge < -0.3 is 9.80 Å². The summed E-state index contributed by atoms with van der Waals surface area (Å²) in [5.74, 6) is 0.897. The lowest BCUT2D eigenvalue weighted by Crippen LogP contribution is -2.48. The molecule has 5 rings (SSSR count). The van der Waals surface area contributed by atoms with E-state index < -0.39 is 0 Å². The SMILES string of the molecule is CN(C)c1ccc([C@@H](c2nnnn2Cc2cccs2)N2CCN(c3ccccc3)CC2)cc1. The fourth-order valence-corrected chi connectivity index (χ4v) is 5.11. The van der Waals surface area contributed by atoms with Crippen LogP contribution < -0.4 is 9.80 Å². The minimum Gasteiger partial charge on any atom is -0.378 e. The van der Waals surface area contributed by atoms with Crippen LogP contribution in [0.25, 0.3) is 0 Å². The van der Waals surface area contributed by atoms with Crippen molar-refractivity contribution in [3.8, 4) is 0 Å². The molecule has 0 N–H and O–H groups in total. The van der Waals surface area contributed by atoms with Gasteiger partial charge in [0.1, 0.15) is 0 Å². The molecule has 0 aliphatic carbocycles. The highest BCUT2D eigenvalue weighted by Gasteiger charge is 2.31. The first-order valence-electron chi connectivity index (χ1n) is 11.3. The third-order valence-electron chi connectivity index (χ3n) is 6.22. The number of piperazine rings is 1. The van der Waals surface area contributed by atoms with Crippen LogP contribution in [0.2, 0.25) is 0 Å². The zero-order valence-electron chi connectivity index (χ0n) is 19.1. The zero-order chi connectivity index (χ0) is 22.6. The van der Waals surface area contributed by atoms with Crippen LogP contribution >= 0.6 is 11.3 Å². The van der Waals surface area contributed by atoms with E-state index in [-0.39, 0.29) is 6.04 Å². The average Bonchev–Trinajstić information content (AvgIpc) is 3.54. The van der Waals surface area contributed by atoms with E-state index in [2.05, 4.69) is 116 Å². The van der Waals surface area contributed by atoms with Crippen molar-refractivity contribution < 1.29 is 0 Å². The van der Waals surface area contributed by atoms with Gasteiger partial charge in [0.05, 0.1) is 12.6 Å². The average molecular weight is 460 g/mol. The van der Waals surface area contributed by atoms with E-state index in [9.17, 15) is 0 Å². The number of aromatic nitrogens is 4. The van der Waals surface area contributed by atoms with E-state index >= 15 is 0 Å². The summed E-state index contributed by atoms with van der Waals surface area (Å²) in [7, 11) is 4.13. The van der Waals surface area contributed by atoms with Gasteiger partial charge >= 0.3 is 0 Å². The van der Waals surface area contributed by atoms with Gasteiger partial charge in [-0.15, -0.1) is 16.4 Å². The molecule has 170 valence electrons. The molecule has 1 aliphatic rings. The number of para-hydroxylation sites is 1. The molecule has 2 aromatic carbocycles. The summed E-state index contributed by atoms with van der Waals surface area (Å²) in [4.78, 5) is 8.34. The Labute approximate surface area is 198 Å². The molecule has 1 fully saturated rings. The summed E-state index contributed by atoms with van der Waals surface area (Å²) < 4.78 is 1.96. The number of nitrogens with zero attached hydrogens (tertiary/aromatic N) is 7. The Hall–Kier alpha value is -3.23. The molecule has 33 heavy (non-hydrogen) atoms. The van der Waals surface area contributed by atoms with Crippen molar-refractivity contribution in [1.82, 2.24) is 25.1 Å². The topological polar surface area (TPSA) is 53.3 Å². The van der Waals surface area contributed by atoms with E-state index in [0.29, 0.717) is 6.54 Å². The summed E-state index contributed by atoms with van der Waals surface area (Å²) in [6.45, 7) is 4.53. The van der Waals surface area contributed by atoms with Crippen molar-refractivity contribution in [2.75, 3.05) is 50.1 Å². The summed E-state index contributed by atoms with van der Waals surface area (Å²) in [5, 5.41) is 15.1. The maximum absolute atomic E-state index is 4.52. The second kappa shape index (κ2) is 9.72. The highest BCUT2D eigenvalue weighted by molar-refractivity contribution is 7.09. The summed E-state index contributed by atoms with van der Waals surface area (Å²) >= 11 is 1.73. The molecule has 4 aromatic rings. The van der Waals surface area contributed by atoms with Crippen molar-refractivity contribution >= 4 is 22.7 Å². The maximum Gasteiger partial charge on any atom is 0.173 e. The number of hydrogen-bond donors (Lipinski definition) is 0. The number of hydrogen-bond acceptors (Lipinski definition) is 7. The van der Waals surface area contributed by atoms with Gasteiger partial charge in [-0.05, 0) is 51.7 Å². The molecule has 0 saturated carbocycles. The molecule has 1 aliphatic heterocycles. The number of benzene rings is 2. The molecular formula is C25H29N7S. The van der Waals surface area contributed by atoms with E-state index in [1.54, 1.807) is 11.3 Å². The lowest BCUT2D eigenvalue weighted by molar-refractivity contribution is 0.201. The number of thiophene rings is 1. The molecule has 1 atom stereocenters. The van der Waals surface area contributed by atoms with Gasteiger partial charge in [0, 0.05) is 56.5 Å². The Morgan fingerprint density at radius 3 is 2.33 bits per heavy atom. The van der Waals surface area contributed by atoms with Crippen molar-refractivity contribution in [3.05, 3.63) is 88.4 Å². The Morgan fingerprint density at radius 2 is 1.67 bits per heavy atom. The van der Waals surface area contributed by atoms with Gasteiger partial charge in [0.2, 0.25) is 0 Å². The largest absolute Gasteiger partial charge is 0.378 e. The maximum atomic E-state index is 4.52. The quantitative estimate of drug-likeness (QED) is 0.420. The standard InChI is InChI=1S/C25H29N7S/c1-29(2)21-12-10-20(11-13-21)24(25-26-27-28-32(25)19-23-9-6-18-33-23)31-16-14-30(15-17-31)22-7-4-3-5-8-22/h3-13,18,24H,14-17,19H2,1-2H3/t24-/m0/s1. The summed E-state index contributed by atoms with van der Waals surface area (Å²) in [6.07, 6.45) is 0. The summed E-state index contributed by atoms with van der Waals surface area (Å²) in [5.41, 5.74) is 3.69. The first-order valence-corrected chi connectivity index (χ1v) is 12.2. The van der Waals surface area contributed by atoms with Crippen LogP contribution in [0, 0.1) is 0 Å². The van der Waals surface area contributed by atoms with Crippen molar-refractivity contribution in [2.24, 2.45) is 0 Å². The van der Waals surface area contributed by atoms with Crippen LogP contribution in [0.1, 0.15) is 22.3 Å². The van der Waals surface area contributed by atoms with E-state index in [1.807, 2.05) is 4.68 Å². The van der Waals surface area contributed by atoms with Crippen molar-refractivity contribution in [1.29, 1.82) is 0 Å². The monoisotopic (exact) mass is 459 g/mol. The first kappa shape index (κ1) is 21.6. The minimum absolute atomic E-state index is 0.00842. The molecular weight excluding hydrogens is 430 g/mol. The molecule has 0 spiro atoms. The van der Waals surface area contributed by atoms with E-state index in [0.717, 1.165) is 32.0 Å². The first-order chi connectivity index (χ1) is 16.2. The molecule has 0 amide bonds. The third kappa shape index (κ3) is 4.77. The smallest absolute Gasteiger partial charge is 0.173 e. The third-order valence-corrected chi connectivity index (χ3v) is 7.08. The minimum atomic E-state index is 0.00842. The van der Waals surface area contributed by atoms with Gasteiger partial charge in [0.25, 0.3) is 0 Å². The lowest BCUT2D eigenvalue weighted by atomic mass is 10.0. The molecule has 0 radical (unpaired) electrons. The van der Waals surface area contributed by atoms with Gasteiger partial charge in [-0.2, -0.15) is 0 Å². The van der Waals surface area contributed by atoms with Gasteiger partial charge in [0.15, 0.2) is 5.82 Å². The predicted molar refractivity (Wildman–Crippen MR) is 134 cm³/mol. The van der Waals surface area contributed by atoms with Crippen LogP contribution in [-0.2, 0) is 6.54 Å². The second-order valence-corrected chi connectivity index (χ2v) is 9.55. The second-order valence-electron chi connectivity index (χ2n) is 8.52. The highest BCUT2D eigenvalue weighted by atomic mass is 32.1. The molecule has 0 bridgehead atoms. The Morgan fingerprint density at radius 1 is 0.909 bits per heavy atom. The van der Waals surface area contributed by atoms with Gasteiger partial charge in [-0.25, -0.2) is 4.68 Å². The molecule has 1 saturated heterocycles. The summed E-state index contributed by atoms with van der Waals surface area (Å²) in [6, 6.07) is 23.7. The Kier molecular flexibility index (Phi) is 6.37. The van der Waals surface area contributed by atoms with Crippen LogP contribution in [0.3, 0.4) is 0 Å². The molecule has 3 heterocycles. The lowest BCUT2D eigenvalue weighted by Gasteiger charge is -2.40.